The molecule has 0 spiro atoms. The van der Waals surface area contributed by atoms with Crippen molar-refractivity contribution < 1.29 is 24.2 Å². The number of hydrogen-bond donors (Lipinski definition) is 1. The number of amides is 1. The molecule has 1 fully saturated rings. The molecule has 0 radical (unpaired) electrons. The summed E-state index contributed by atoms with van der Waals surface area (Å²) in [7, 11) is 1.61. The summed E-state index contributed by atoms with van der Waals surface area (Å²) in [6, 6.07) is 18.4. The number of ketones is 1. The van der Waals surface area contributed by atoms with E-state index in [9.17, 15) is 14.7 Å². The molecule has 0 saturated carbocycles. The Balaban J connectivity index is 1.67. The van der Waals surface area contributed by atoms with Crippen LogP contribution in [0, 0.1) is 0 Å². The number of nitrogens with zero attached hydrogens (tertiary/aromatic N) is 1. The molecular weight excluding hydrogens is 430 g/mol. The summed E-state index contributed by atoms with van der Waals surface area (Å²) in [6.07, 6.45) is 1.38. The molecule has 6 nitrogen and oxygen atoms in total. The molecule has 6 heteroatoms. The first-order chi connectivity index (χ1) is 16.5. The van der Waals surface area contributed by atoms with Gasteiger partial charge in [-0.05, 0) is 53.4 Å². The topological polar surface area (TPSA) is 76.1 Å². The Morgan fingerprint density at radius 1 is 1.12 bits per heavy atom. The van der Waals surface area contributed by atoms with E-state index in [0.717, 1.165) is 34.1 Å². The highest BCUT2D eigenvalue weighted by Gasteiger charge is 2.46. The molecule has 0 bridgehead atoms. The van der Waals surface area contributed by atoms with E-state index in [0.29, 0.717) is 25.1 Å². The van der Waals surface area contributed by atoms with Crippen molar-refractivity contribution >= 4 is 28.2 Å². The van der Waals surface area contributed by atoms with E-state index >= 15 is 0 Å². The molecule has 2 aliphatic heterocycles. The predicted octanol–water partition coefficient (Wildman–Crippen LogP) is 4.62. The molecule has 1 N–H and O–H groups in total. The lowest BCUT2D eigenvalue weighted by molar-refractivity contribution is -0.140. The van der Waals surface area contributed by atoms with E-state index in [4.69, 9.17) is 9.47 Å². The van der Waals surface area contributed by atoms with E-state index in [-0.39, 0.29) is 17.4 Å². The van der Waals surface area contributed by atoms with Crippen molar-refractivity contribution in [2.45, 2.75) is 31.9 Å². The number of ether oxygens (including phenoxy) is 2. The second kappa shape index (κ2) is 8.95. The summed E-state index contributed by atoms with van der Waals surface area (Å²) in [5.74, 6) is -0.644. The minimum atomic E-state index is -0.689. The molecule has 2 unspecified atom stereocenters. The van der Waals surface area contributed by atoms with Gasteiger partial charge in [0, 0.05) is 32.2 Å². The largest absolute Gasteiger partial charge is 0.507 e. The lowest BCUT2D eigenvalue weighted by Gasteiger charge is -2.26. The zero-order valence-electron chi connectivity index (χ0n) is 19.3. The Bertz CT molecular complexity index is 1310. The van der Waals surface area contributed by atoms with E-state index in [2.05, 4.69) is 0 Å². The van der Waals surface area contributed by atoms with Crippen LogP contribution in [0.4, 0.5) is 0 Å². The average Bonchev–Trinajstić information content (AvgIpc) is 3.34. The molecule has 174 valence electrons. The number of hydrogen-bond acceptors (Lipinski definition) is 5. The van der Waals surface area contributed by atoms with Crippen molar-refractivity contribution in [3.05, 3.63) is 82.9 Å². The zero-order valence-corrected chi connectivity index (χ0v) is 19.3. The molecule has 2 aliphatic rings. The van der Waals surface area contributed by atoms with Gasteiger partial charge in [0.05, 0.1) is 11.6 Å². The van der Waals surface area contributed by atoms with Crippen molar-refractivity contribution in [1.29, 1.82) is 0 Å². The molecule has 3 aromatic carbocycles. The zero-order chi connectivity index (χ0) is 23.8. The van der Waals surface area contributed by atoms with Crippen LogP contribution >= 0.6 is 0 Å². The van der Waals surface area contributed by atoms with Crippen LogP contribution in [0.2, 0.25) is 0 Å². The number of rotatable bonds is 6. The van der Waals surface area contributed by atoms with Gasteiger partial charge < -0.3 is 19.5 Å². The normalized spacial score (nSPS) is 21.2. The third kappa shape index (κ3) is 3.74. The van der Waals surface area contributed by atoms with Crippen LogP contribution in [0.25, 0.3) is 16.5 Å². The Morgan fingerprint density at radius 2 is 1.91 bits per heavy atom. The van der Waals surface area contributed by atoms with E-state index < -0.39 is 17.7 Å². The van der Waals surface area contributed by atoms with Crippen molar-refractivity contribution in [3.63, 3.8) is 0 Å². The van der Waals surface area contributed by atoms with E-state index in [1.165, 1.54) is 0 Å². The number of benzene rings is 3. The van der Waals surface area contributed by atoms with Crippen molar-refractivity contribution in [2.75, 3.05) is 20.3 Å². The molecule has 1 saturated heterocycles. The number of carbonyl (C=O) groups excluding carboxylic acids is 2. The molecule has 5 rings (SSSR count). The van der Waals surface area contributed by atoms with Gasteiger partial charge in [0.2, 0.25) is 0 Å². The van der Waals surface area contributed by atoms with Crippen molar-refractivity contribution in [3.8, 4) is 5.75 Å². The second-order valence-corrected chi connectivity index (χ2v) is 8.86. The molecular formula is C28H27NO5. The molecule has 2 atom stereocenters. The smallest absolute Gasteiger partial charge is 0.295 e. The van der Waals surface area contributed by atoms with E-state index in [1.54, 1.807) is 18.1 Å². The highest BCUT2D eigenvalue weighted by Crippen LogP contribution is 2.42. The lowest BCUT2D eigenvalue weighted by Crippen LogP contribution is -2.31. The van der Waals surface area contributed by atoms with Gasteiger partial charge in [-0.25, -0.2) is 0 Å². The molecule has 0 aromatic heterocycles. The standard InChI is InChI=1S/C28H27NO5/c1-17-15-20-16-19(11-12-23(20)34-17)26(30)24-25(29(13-6-14-33-2)28(32)27(24)31)22-10-5-8-18-7-3-4-9-21(18)22/h3-5,7-12,16-17,25,30H,6,13-15H2,1-2H3/b26-24+. The average molecular weight is 458 g/mol. The van der Waals surface area contributed by atoms with Gasteiger partial charge in [0.25, 0.3) is 11.7 Å². The van der Waals surface area contributed by atoms with Crippen LogP contribution in [0.5, 0.6) is 5.75 Å². The van der Waals surface area contributed by atoms with Crippen LogP contribution in [0.3, 0.4) is 0 Å². The van der Waals surface area contributed by atoms with Crippen LogP contribution in [0.15, 0.2) is 66.2 Å². The van der Waals surface area contributed by atoms with Crippen LogP contribution < -0.4 is 4.74 Å². The van der Waals surface area contributed by atoms with Gasteiger partial charge in [-0.15, -0.1) is 0 Å². The summed E-state index contributed by atoms with van der Waals surface area (Å²) < 4.78 is 11.0. The SMILES string of the molecule is COCCCN1C(=O)C(=O)/C(=C(/O)c2ccc3c(c2)CC(C)O3)C1c1cccc2ccccc12. The first-order valence-corrected chi connectivity index (χ1v) is 11.5. The molecule has 2 heterocycles. The summed E-state index contributed by atoms with van der Waals surface area (Å²) >= 11 is 0. The second-order valence-electron chi connectivity index (χ2n) is 8.86. The van der Waals surface area contributed by atoms with Crippen LogP contribution in [-0.4, -0.2) is 48.1 Å². The fourth-order valence-corrected chi connectivity index (χ4v) is 5.03. The Kier molecular flexibility index (Phi) is 5.84. The Morgan fingerprint density at radius 3 is 2.74 bits per heavy atom. The van der Waals surface area contributed by atoms with Gasteiger partial charge in [-0.2, -0.15) is 0 Å². The van der Waals surface area contributed by atoms with E-state index in [1.807, 2.05) is 61.5 Å². The Hall–Kier alpha value is -3.64. The fourth-order valence-electron chi connectivity index (χ4n) is 5.03. The first kappa shape index (κ1) is 22.2. The summed E-state index contributed by atoms with van der Waals surface area (Å²) in [6.45, 7) is 2.80. The third-order valence-corrected chi connectivity index (χ3v) is 6.57. The monoisotopic (exact) mass is 457 g/mol. The predicted molar refractivity (Wildman–Crippen MR) is 130 cm³/mol. The highest BCUT2D eigenvalue weighted by atomic mass is 16.5. The van der Waals surface area contributed by atoms with Crippen LogP contribution in [-0.2, 0) is 20.7 Å². The number of carbonyl (C=O) groups is 2. The summed E-state index contributed by atoms with van der Waals surface area (Å²) in [5, 5.41) is 13.4. The van der Waals surface area contributed by atoms with Gasteiger partial charge in [-0.1, -0.05) is 42.5 Å². The molecule has 3 aromatic rings. The van der Waals surface area contributed by atoms with Gasteiger partial charge >= 0.3 is 0 Å². The van der Waals surface area contributed by atoms with Crippen molar-refractivity contribution in [2.24, 2.45) is 0 Å². The maximum absolute atomic E-state index is 13.3. The molecule has 1 amide bonds. The summed E-state index contributed by atoms with van der Waals surface area (Å²) in [4.78, 5) is 28.0. The summed E-state index contributed by atoms with van der Waals surface area (Å²) in [5.41, 5.74) is 2.42. The number of fused-ring (bicyclic) bond motifs is 2. The quantitative estimate of drug-likeness (QED) is 0.253. The molecule has 34 heavy (non-hydrogen) atoms. The first-order valence-electron chi connectivity index (χ1n) is 11.5. The fraction of sp³-hybridized carbons (Fsp3) is 0.286. The minimum absolute atomic E-state index is 0.0643. The number of likely N-dealkylation sites (tertiary alicyclic amines) is 1. The van der Waals surface area contributed by atoms with Gasteiger partial charge in [-0.3, -0.25) is 9.59 Å². The maximum atomic E-state index is 13.3. The van der Waals surface area contributed by atoms with Gasteiger partial charge in [0.15, 0.2) is 0 Å². The van der Waals surface area contributed by atoms with Crippen LogP contribution in [0.1, 0.15) is 36.1 Å². The third-order valence-electron chi connectivity index (χ3n) is 6.57. The Labute approximate surface area is 198 Å². The number of Topliss-reactive ketones (excluding diaryl/α,β-unsaturated/α-hetero) is 1. The lowest BCUT2D eigenvalue weighted by atomic mass is 9.91. The van der Waals surface area contributed by atoms with Crippen molar-refractivity contribution in [1.82, 2.24) is 4.90 Å². The number of methoxy groups -OCH3 is 1. The van der Waals surface area contributed by atoms with Gasteiger partial charge in [0.1, 0.15) is 17.6 Å². The number of aliphatic hydroxyl groups is 1. The highest BCUT2D eigenvalue weighted by molar-refractivity contribution is 6.46. The molecule has 0 aliphatic carbocycles. The minimum Gasteiger partial charge on any atom is -0.507 e. The maximum Gasteiger partial charge on any atom is 0.295 e. The number of aliphatic hydroxyl groups excluding tert-OH is 1.